The summed E-state index contributed by atoms with van der Waals surface area (Å²) in [5, 5.41) is 3.18. The normalized spacial score (nSPS) is 23.3. The number of fused-ring (bicyclic) bond motifs is 1. The number of aryl methyl sites for hydroxylation is 2. The first-order valence-electron chi connectivity index (χ1n) is 15.3. The Morgan fingerprint density at radius 1 is 1.07 bits per heavy atom. The van der Waals surface area contributed by atoms with Crippen LogP contribution in [0.3, 0.4) is 0 Å². The maximum absolute atomic E-state index is 15.7. The van der Waals surface area contributed by atoms with Crippen molar-refractivity contribution in [3.8, 4) is 0 Å². The Bertz CT molecular complexity index is 1370. The van der Waals surface area contributed by atoms with E-state index in [-0.39, 0.29) is 47.5 Å². The molecule has 0 bridgehead atoms. The molecule has 41 heavy (non-hydrogen) atoms. The molecular formula is C34H46FN3O3. The van der Waals surface area contributed by atoms with Crippen molar-refractivity contribution in [2.24, 2.45) is 11.3 Å². The Morgan fingerprint density at radius 2 is 1.80 bits per heavy atom. The number of amides is 1. The van der Waals surface area contributed by atoms with Crippen LogP contribution in [-0.4, -0.2) is 40.6 Å². The SMILES string of the molecule is Cc1ccc(C)c(Nc2nc3ccc(CC(=O)N4C(COC5CCC(C)CC5)CCC4CC(C)(C)C)c(F)c3o2)c1. The molecule has 2 heterocycles. The van der Waals surface area contributed by atoms with Gasteiger partial charge in [-0.15, -0.1) is 0 Å². The number of anilines is 2. The summed E-state index contributed by atoms with van der Waals surface area (Å²) in [5.74, 6) is 0.202. The molecule has 1 N–H and O–H groups in total. The summed E-state index contributed by atoms with van der Waals surface area (Å²) in [6.45, 7) is 13.5. The maximum Gasteiger partial charge on any atom is 0.300 e. The second-order valence-corrected chi connectivity index (χ2v) is 13.7. The van der Waals surface area contributed by atoms with Gasteiger partial charge in [0, 0.05) is 17.3 Å². The van der Waals surface area contributed by atoms with E-state index in [1.54, 1.807) is 12.1 Å². The summed E-state index contributed by atoms with van der Waals surface area (Å²) < 4.78 is 27.9. The van der Waals surface area contributed by atoms with E-state index in [0.29, 0.717) is 17.7 Å². The Kier molecular flexibility index (Phi) is 8.74. The van der Waals surface area contributed by atoms with Gasteiger partial charge in [0.05, 0.1) is 25.2 Å². The van der Waals surface area contributed by atoms with Crippen LogP contribution < -0.4 is 5.32 Å². The standard InChI is InChI=1S/C34H46FN3O3/c1-21-8-14-27(15-9-21)40-20-26-13-12-25(19-34(4,5)6)38(26)30(39)18-24-11-16-28-32(31(24)35)41-33(36-28)37-29-17-22(2)7-10-23(29)3/h7,10-11,16-17,21,25-27H,8-9,12-15,18-20H2,1-6H3,(H,36,37). The summed E-state index contributed by atoms with van der Waals surface area (Å²) in [7, 11) is 0. The van der Waals surface area contributed by atoms with Crippen LogP contribution in [0, 0.1) is 31.0 Å². The summed E-state index contributed by atoms with van der Waals surface area (Å²) in [6.07, 6.45) is 7.65. The van der Waals surface area contributed by atoms with E-state index >= 15 is 4.39 Å². The van der Waals surface area contributed by atoms with E-state index in [0.717, 1.165) is 54.8 Å². The fraction of sp³-hybridized carbons (Fsp3) is 0.588. The predicted octanol–water partition coefficient (Wildman–Crippen LogP) is 8.26. The number of hydrogen-bond donors (Lipinski definition) is 1. The third kappa shape index (κ3) is 7.11. The van der Waals surface area contributed by atoms with Gasteiger partial charge < -0.3 is 19.4 Å². The monoisotopic (exact) mass is 563 g/mol. The molecule has 222 valence electrons. The maximum atomic E-state index is 15.7. The number of hydrogen-bond acceptors (Lipinski definition) is 5. The van der Waals surface area contributed by atoms with Gasteiger partial charge >= 0.3 is 0 Å². The number of carbonyl (C=O) groups excluding carboxylic acids is 1. The molecule has 1 aliphatic carbocycles. The Morgan fingerprint density at radius 3 is 2.54 bits per heavy atom. The molecule has 2 fully saturated rings. The second kappa shape index (κ2) is 12.1. The average molecular weight is 564 g/mol. The number of halogens is 1. The lowest BCUT2D eigenvalue weighted by Gasteiger charge is -2.35. The molecule has 2 unspecified atom stereocenters. The van der Waals surface area contributed by atoms with Gasteiger partial charge in [-0.25, -0.2) is 4.39 Å². The van der Waals surface area contributed by atoms with Crippen molar-refractivity contribution in [1.82, 2.24) is 9.88 Å². The average Bonchev–Trinajstić information content (AvgIpc) is 3.50. The molecule has 1 saturated heterocycles. The molecule has 2 atom stereocenters. The van der Waals surface area contributed by atoms with Gasteiger partial charge in [-0.05, 0) is 93.4 Å². The number of ether oxygens (including phenoxy) is 1. The molecule has 3 aromatic rings. The van der Waals surface area contributed by atoms with Crippen LogP contribution in [0.1, 0.15) is 89.3 Å². The molecular weight excluding hydrogens is 517 g/mol. The molecule has 2 aromatic carbocycles. The number of rotatable bonds is 8. The molecule has 2 aliphatic rings. The van der Waals surface area contributed by atoms with Gasteiger partial charge in [0.15, 0.2) is 11.4 Å². The number of oxazole rings is 1. The second-order valence-electron chi connectivity index (χ2n) is 13.7. The number of likely N-dealkylation sites (tertiary alicyclic amines) is 1. The van der Waals surface area contributed by atoms with Crippen molar-refractivity contribution < 1.29 is 18.3 Å². The van der Waals surface area contributed by atoms with Gasteiger partial charge in [-0.2, -0.15) is 4.98 Å². The van der Waals surface area contributed by atoms with E-state index < -0.39 is 5.82 Å². The number of nitrogens with one attached hydrogen (secondary N) is 1. The highest BCUT2D eigenvalue weighted by atomic mass is 19.1. The van der Waals surface area contributed by atoms with Crippen molar-refractivity contribution in [2.45, 2.75) is 111 Å². The van der Waals surface area contributed by atoms with Crippen LogP contribution in [0.5, 0.6) is 0 Å². The largest absolute Gasteiger partial charge is 0.420 e. The minimum Gasteiger partial charge on any atom is -0.420 e. The fourth-order valence-electron chi connectivity index (χ4n) is 6.51. The topological polar surface area (TPSA) is 67.6 Å². The van der Waals surface area contributed by atoms with Crippen molar-refractivity contribution in [3.05, 3.63) is 52.8 Å². The first kappa shape index (κ1) is 29.6. The van der Waals surface area contributed by atoms with Crippen molar-refractivity contribution in [1.29, 1.82) is 0 Å². The minimum atomic E-state index is -0.520. The van der Waals surface area contributed by atoms with Crippen LogP contribution in [0.25, 0.3) is 11.1 Å². The highest BCUT2D eigenvalue weighted by Crippen LogP contribution is 2.35. The summed E-state index contributed by atoms with van der Waals surface area (Å²) >= 11 is 0. The third-order valence-corrected chi connectivity index (χ3v) is 8.80. The first-order valence-corrected chi connectivity index (χ1v) is 15.3. The molecule has 0 spiro atoms. The van der Waals surface area contributed by atoms with E-state index in [9.17, 15) is 4.79 Å². The quantitative estimate of drug-likeness (QED) is 0.299. The molecule has 5 rings (SSSR count). The van der Waals surface area contributed by atoms with Crippen LogP contribution >= 0.6 is 0 Å². The Balaban J connectivity index is 1.32. The van der Waals surface area contributed by atoms with E-state index in [1.165, 1.54) is 12.8 Å². The van der Waals surface area contributed by atoms with Gasteiger partial charge in [0.2, 0.25) is 5.91 Å². The fourth-order valence-corrected chi connectivity index (χ4v) is 6.51. The van der Waals surface area contributed by atoms with Gasteiger partial charge in [0.25, 0.3) is 6.01 Å². The molecule has 1 aliphatic heterocycles. The lowest BCUT2D eigenvalue weighted by atomic mass is 9.87. The van der Waals surface area contributed by atoms with Gasteiger partial charge in [-0.1, -0.05) is 45.9 Å². The number of carbonyl (C=O) groups is 1. The molecule has 0 radical (unpaired) electrons. The zero-order valence-corrected chi connectivity index (χ0v) is 25.6. The lowest BCUT2D eigenvalue weighted by Crippen LogP contribution is -2.45. The zero-order valence-electron chi connectivity index (χ0n) is 25.6. The first-order chi connectivity index (χ1) is 19.5. The lowest BCUT2D eigenvalue weighted by molar-refractivity contribution is -0.136. The van der Waals surface area contributed by atoms with E-state index in [1.807, 2.05) is 36.9 Å². The smallest absolute Gasteiger partial charge is 0.300 e. The van der Waals surface area contributed by atoms with Crippen LogP contribution in [0.4, 0.5) is 16.1 Å². The zero-order chi connectivity index (χ0) is 29.3. The third-order valence-electron chi connectivity index (χ3n) is 8.80. The van der Waals surface area contributed by atoms with E-state index in [4.69, 9.17) is 9.15 Å². The van der Waals surface area contributed by atoms with Crippen LogP contribution in [-0.2, 0) is 16.0 Å². The van der Waals surface area contributed by atoms with Crippen LogP contribution in [0.2, 0.25) is 0 Å². The number of benzene rings is 2. The Hall–Kier alpha value is -2.93. The van der Waals surface area contributed by atoms with Crippen molar-refractivity contribution in [2.75, 3.05) is 11.9 Å². The minimum absolute atomic E-state index is 0.0136. The molecule has 1 aromatic heterocycles. The van der Waals surface area contributed by atoms with Gasteiger partial charge in [0.1, 0.15) is 5.52 Å². The van der Waals surface area contributed by atoms with Crippen molar-refractivity contribution in [3.63, 3.8) is 0 Å². The highest BCUT2D eigenvalue weighted by Gasteiger charge is 2.39. The number of nitrogens with zero attached hydrogens (tertiary/aromatic N) is 2. The molecule has 1 saturated carbocycles. The molecule has 7 heteroatoms. The van der Waals surface area contributed by atoms with E-state index in [2.05, 4.69) is 38.0 Å². The highest BCUT2D eigenvalue weighted by molar-refractivity contribution is 5.83. The Labute approximate surface area is 244 Å². The van der Waals surface area contributed by atoms with Crippen molar-refractivity contribution >= 4 is 28.7 Å². The molecule has 6 nitrogen and oxygen atoms in total. The summed E-state index contributed by atoms with van der Waals surface area (Å²) in [6, 6.07) is 9.86. The number of aromatic nitrogens is 1. The van der Waals surface area contributed by atoms with Crippen LogP contribution in [0.15, 0.2) is 34.7 Å². The predicted molar refractivity (Wildman–Crippen MR) is 162 cm³/mol. The molecule has 1 amide bonds. The van der Waals surface area contributed by atoms with Gasteiger partial charge in [-0.3, -0.25) is 4.79 Å². The summed E-state index contributed by atoms with van der Waals surface area (Å²) in [4.78, 5) is 20.3. The summed E-state index contributed by atoms with van der Waals surface area (Å²) in [5.41, 5.74) is 3.92.